The molecule has 2 aromatic carbocycles. The topological polar surface area (TPSA) is 27.7 Å². The van der Waals surface area contributed by atoms with Crippen molar-refractivity contribution in [2.45, 2.75) is 73.1 Å². The van der Waals surface area contributed by atoms with Gasteiger partial charge in [-0.3, -0.25) is 0 Å². The maximum absolute atomic E-state index is 6.30. The molecule has 7 heteroatoms. The molecule has 41 heavy (non-hydrogen) atoms. The third-order valence-corrected chi connectivity index (χ3v) is 12.3. The second kappa shape index (κ2) is 12.5. The molecule has 0 N–H and O–H groups in total. The molecule has 6 rings (SSSR count). The first-order valence-corrected chi connectivity index (χ1v) is 18.1. The van der Waals surface area contributed by atoms with Crippen LogP contribution >= 0.6 is 45.3 Å². The Morgan fingerprint density at radius 1 is 0.610 bits per heavy atom. The number of aryl methyl sites for hydroxylation is 2. The van der Waals surface area contributed by atoms with Crippen LogP contribution in [0.1, 0.15) is 69.1 Å². The van der Waals surface area contributed by atoms with Gasteiger partial charge in [0.2, 0.25) is 0 Å². The lowest BCUT2D eigenvalue weighted by Gasteiger charge is -2.14. The zero-order chi connectivity index (χ0) is 28.5. The predicted octanol–water partition coefficient (Wildman–Crippen LogP) is 12.4. The van der Waals surface area contributed by atoms with Crippen molar-refractivity contribution in [2.75, 3.05) is 19.8 Å². The van der Waals surface area contributed by atoms with Crippen molar-refractivity contribution >= 4 is 86.4 Å². The number of benzene rings is 2. The van der Waals surface area contributed by atoms with Crippen molar-refractivity contribution in [3.05, 3.63) is 40.1 Å². The van der Waals surface area contributed by atoms with Gasteiger partial charge in [-0.25, -0.2) is 0 Å². The van der Waals surface area contributed by atoms with E-state index in [4.69, 9.17) is 14.2 Å². The molecule has 0 amide bonds. The lowest BCUT2D eigenvalue weighted by molar-refractivity contribution is 0.313. The Bertz CT molecular complexity index is 1740. The van der Waals surface area contributed by atoms with Gasteiger partial charge in [0.15, 0.2) is 5.06 Å². The summed E-state index contributed by atoms with van der Waals surface area (Å²) in [5.74, 6) is 1.95. The van der Waals surface area contributed by atoms with Gasteiger partial charge in [-0.2, -0.15) is 0 Å². The van der Waals surface area contributed by atoms with Gasteiger partial charge in [0.05, 0.1) is 34.1 Å². The fourth-order valence-corrected chi connectivity index (χ4v) is 10.1. The lowest BCUT2D eigenvalue weighted by atomic mass is 10.0. The van der Waals surface area contributed by atoms with Gasteiger partial charge in [-0.05, 0) is 63.8 Å². The Hall–Kier alpha value is -2.32. The summed E-state index contributed by atoms with van der Waals surface area (Å²) in [6, 6.07) is 11.5. The highest BCUT2D eigenvalue weighted by molar-refractivity contribution is 7.30. The van der Waals surface area contributed by atoms with Crippen LogP contribution in [0.25, 0.3) is 50.8 Å². The second-order valence-electron chi connectivity index (χ2n) is 10.6. The van der Waals surface area contributed by atoms with Crippen LogP contribution in [-0.2, 0) is 0 Å². The smallest absolute Gasteiger partial charge is 0.175 e. The van der Waals surface area contributed by atoms with Gasteiger partial charge >= 0.3 is 0 Å². The van der Waals surface area contributed by atoms with Gasteiger partial charge in [-0.1, -0.05) is 50.4 Å². The van der Waals surface area contributed by atoms with E-state index in [0.717, 1.165) is 45.7 Å². The number of unbranched alkanes of at least 4 members (excludes halogenated alkanes) is 5. The molecule has 0 aliphatic rings. The standard InChI is InChI=1S/C34H38O3S4/c1-6-9-10-11-12-13-14-37-29-19-26-32(41-29)21(5)39-33(26)28-17-22-16-23-24(18-27(22)40-28)30(35-7-2)25-15-20(4)38-34(25)31(23)36-8-3/h15-19H,6-14H2,1-5H3. The number of hydrogen-bond acceptors (Lipinski definition) is 7. The Balaban J connectivity index is 1.37. The van der Waals surface area contributed by atoms with Crippen LogP contribution in [0.5, 0.6) is 16.6 Å². The molecule has 0 radical (unpaired) electrons. The van der Waals surface area contributed by atoms with Gasteiger partial charge in [0, 0.05) is 46.9 Å². The first kappa shape index (κ1) is 28.8. The van der Waals surface area contributed by atoms with Crippen molar-refractivity contribution in [3.8, 4) is 26.3 Å². The molecule has 0 saturated carbocycles. The van der Waals surface area contributed by atoms with E-state index in [9.17, 15) is 0 Å². The Kier molecular flexibility index (Phi) is 8.78. The first-order chi connectivity index (χ1) is 20.0. The van der Waals surface area contributed by atoms with E-state index in [-0.39, 0.29) is 0 Å². The van der Waals surface area contributed by atoms with Crippen molar-refractivity contribution in [2.24, 2.45) is 0 Å². The first-order valence-electron chi connectivity index (χ1n) is 14.9. The fraction of sp³-hybridized carbons (Fsp3) is 0.412. The molecule has 0 aliphatic carbocycles. The molecule has 0 unspecified atom stereocenters. The largest absolute Gasteiger partial charge is 0.493 e. The number of thiophene rings is 4. The van der Waals surface area contributed by atoms with Gasteiger partial charge in [0.1, 0.15) is 11.5 Å². The quantitative estimate of drug-likeness (QED) is 0.120. The summed E-state index contributed by atoms with van der Waals surface area (Å²) in [5.41, 5.74) is 0. The predicted molar refractivity (Wildman–Crippen MR) is 184 cm³/mol. The average Bonchev–Trinajstić information content (AvgIpc) is 3.72. The van der Waals surface area contributed by atoms with Crippen molar-refractivity contribution in [1.29, 1.82) is 0 Å². The highest BCUT2D eigenvalue weighted by Gasteiger charge is 2.21. The van der Waals surface area contributed by atoms with Crippen LogP contribution in [0.2, 0.25) is 0 Å². The molecule has 0 atom stereocenters. The third kappa shape index (κ3) is 5.58. The van der Waals surface area contributed by atoms with Crippen molar-refractivity contribution in [3.63, 3.8) is 0 Å². The van der Waals surface area contributed by atoms with Crippen molar-refractivity contribution in [1.82, 2.24) is 0 Å². The average molecular weight is 623 g/mol. The third-order valence-electron chi connectivity index (χ3n) is 7.52. The summed E-state index contributed by atoms with van der Waals surface area (Å²) in [7, 11) is 0. The molecular formula is C34H38O3S4. The zero-order valence-corrected chi connectivity index (χ0v) is 27.9. The van der Waals surface area contributed by atoms with E-state index in [0.29, 0.717) is 13.2 Å². The highest BCUT2D eigenvalue weighted by atomic mass is 32.1. The molecular weight excluding hydrogens is 585 g/mol. The zero-order valence-electron chi connectivity index (χ0n) is 24.6. The van der Waals surface area contributed by atoms with Crippen molar-refractivity contribution < 1.29 is 14.2 Å². The summed E-state index contributed by atoms with van der Waals surface area (Å²) in [6.45, 7) is 12.9. The Labute approximate surface area is 258 Å². The minimum absolute atomic E-state index is 0.634. The monoisotopic (exact) mass is 622 g/mol. The van der Waals surface area contributed by atoms with Crippen LogP contribution in [0.4, 0.5) is 0 Å². The molecule has 0 aliphatic heterocycles. The van der Waals surface area contributed by atoms with E-state index < -0.39 is 0 Å². The summed E-state index contributed by atoms with van der Waals surface area (Å²) in [4.78, 5) is 5.29. The summed E-state index contributed by atoms with van der Waals surface area (Å²) >= 11 is 7.36. The maximum atomic E-state index is 6.30. The van der Waals surface area contributed by atoms with E-state index in [1.807, 2.05) is 22.7 Å². The van der Waals surface area contributed by atoms with Gasteiger partial charge in [0.25, 0.3) is 0 Å². The maximum Gasteiger partial charge on any atom is 0.175 e. The molecule has 6 aromatic rings. The van der Waals surface area contributed by atoms with E-state index >= 15 is 0 Å². The molecule has 0 fully saturated rings. The molecule has 0 spiro atoms. The van der Waals surface area contributed by atoms with E-state index in [1.165, 1.54) is 76.5 Å². The SMILES string of the molecule is CCCCCCCCOc1cc2c(-c3cc4cc5c(OCC)c6sc(C)cc6c(OCC)c5cc4s3)sc(C)c2s1. The summed E-state index contributed by atoms with van der Waals surface area (Å²) < 4.78 is 22.6. The lowest BCUT2D eigenvalue weighted by Crippen LogP contribution is -1.97. The fourth-order valence-electron chi connectivity index (χ4n) is 5.64. The number of fused-ring (bicyclic) bond motifs is 4. The van der Waals surface area contributed by atoms with E-state index in [2.05, 4.69) is 65.0 Å². The van der Waals surface area contributed by atoms with Gasteiger partial charge in [-0.15, -0.1) is 34.0 Å². The Morgan fingerprint density at radius 3 is 2.17 bits per heavy atom. The highest BCUT2D eigenvalue weighted by Crippen LogP contribution is 2.51. The summed E-state index contributed by atoms with van der Waals surface area (Å²) in [5, 5.41) is 7.05. The van der Waals surface area contributed by atoms with Crippen LogP contribution in [0.3, 0.4) is 0 Å². The Morgan fingerprint density at radius 2 is 1.37 bits per heavy atom. The molecule has 4 heterocycles. The van der Waals surface area contributed by atoms with Crippen LogP contribution in [0.15, 0.2) is 30.3 Å². The van der Waals surface area contributed by atoms with Crippen LogP contribution in [0, 0.1) is 13.8 Å². The molecule has 3 nitrogen and oxygen atoms in total. The minimum atomic E-state index is 0.634. The number of rotatable bonds is 13. The molecule has 216 valence electrons. The minimum Gasteiger partial charge on any atom is -0.493 e. The van der Waals surface area contributed by atoms with Gasteiger partial charge < -0.3 is 14.2 Å². The second-order valence-corrected chi connectivity index (χ2v) is 15.2. The molecule has 0 saturated heterocycles. The number of hydrogen-bond donors (Lipinski definition) is 0. The normalized spacial score (nSPS) is 11.9. The number of ether oxygens (including phenoxy) is 3. The van der Waals surface area contributed by atoms with Crippen LogP contribution < -0.4 is 14.2 Å². The molecule has 4 aromatic heterocycles. The molecule has 0 bridgehead atoms. The summed E-state index contributed by atoms with van der Waals surface area (Å²) in [6.07, 6.45) is 7.69. The van der Waals surface area contributed by atoms with E-state index in [1.54, 1.807) is 22.7 Å². The van der Waals surface area contributed by atoms with Crippen LogP contribution in [-0.4, -0.2) is 19.8 Å².